The fraction of sp³-hybridized carbons (Fsp3) is 0.714. The molecule has 2 saturated heterocycles. The first kappa shape index (κ1) is 23.5. The third kappa shape index (κ3) is 4.52. The van der Waals surface area contributed by atoms with E-state index >= 15 is 0 Å². The normalized spacial score (nSPS) is 35.2. The van der Waals surface area contributed by atoms with Crippen LogP contribution in [0.15, 0.2) is 24.3 Å². The maximum Gasteiger partial charge on any atom is 0.322 e. The van der Waals surface area contributed by atoms with E-state index in [0.717, 1.165) is 50.1 Å². The second-order valence-electron chi connectivity index (χ2n) is 14.1. The average molecular weight is 467 g/mol. The van der Waals surface area contributed by atoms with Gasteiger partial charge in [-0.15, -0.1) is 0 Å². The lowest BCUT2D eigenvalue weighted by molar-refractivity contribution is 0.129. The van der Waals surface area contributed by atoms with Crippen LogP contribution in [0.5, 0.6) is 0 Å². The number of carbonyl (C=O) groups is 2. The maximum atomic E-state index is 13.1. The highest BCUT2D eigenvalue weighted by molar-refractivity contribution is 5.92. The minimum atomic E-state index is -0.0107. The van der Waals surface area contributed by atoms with Crippen LogP contribution in [0.4, 0.5) is 21.0 Å². The Kier molecular flexibility index (Phi) is 5.27. The number of nitrogens with zero attached hydrogens (tertiary/aromatic N) is 2. The summed E-state index contributed by atoms with van der Waals surface area (Å²) in [7, 11) is 0. The van der Waals surface area contributed by atoms with E-state index in [9.17, 15) is 9.59 Å². The minimum Gasteiger partial charge on any atom is -0.321 e. The van der Waals surface area contributed by atoms with E-state index in [4.69, 9.17) is 0 Å². The monoisotopic (exact) mass is 466 g/mol. The van der Waals surface area contributed by atoms with E-state index in [1.54, 1.807) is 0 Å². The molecule has 2 N–H and O–H groups in total. The van der Waals surface area contributed by atoms with Gasteiger partial charge in [0.05, 0.1) is 0 Å². The van der Waals surface area contributed by atoms with Crippen molar-refractivity contribution in [1.29, 1.82) is 0 Å². The molecule has 4 fully saturated rings. The third-order valence-corrected chi connectivity index (χ3v) is 8.74. The van der Waals surface area contributed by atoms with Crippen LogP contribution in [0.2, 0.25) is 0 Å². The number of hydrogen-bond acceptors (Lipinski definition) is 2. The summed E-state index contributed by atoms with van der Waals surface area (Å²) < 4.78 is 0. The van der Waals surface area contributed by atoms with Crippen molar-refractivity contribution in [2.24, 2.45) is 21.7 Å². The Labute approximate surface area is 204 Å². The molecule has 2 heterocycles. The second-order valence-corrected chi connectivity index (χ2v) is 14.1. The fourth-order valence-electron chi connectivity index (χ4n) is 8.42. The molecule has 4 aliphatic rings. The molecule has 0 unspecified atom stereocenters. The Bertz CT molecular complexity index is 908. The van der Waals surface area contributed by atoms with Gasteiger partial charge in [-0.2, -0.15) is 0 Å². The van der Waals surface area contributed by atoms with Crippen molar-refractivity contribution in [3.8, 4) is 0 Å². The van der Waals surface area contributed by atoms with Gasteiger partial charge < -0.3 is 20.4 Å². The zero-order valence-electron chi connectivity index (χ0n) is 21.8. The fourth-order valence-corrected chi connectivity index (χ4v) is 8.42. The molecular weight excluding hydrogens is 424 g/mol. The summed E-state index contributed by atoms with van der Waals surface area (Å²) in [5.74, 6) is 0. The molecule has 2 aliphatic carbocycles. The maximum absolute atomic E-state index is 13.1. The molecular formula is C28H42N4O2. The first-order chi connectivity index (χ1) is 15.7. The Balaban J connectivity index is 1.19. The van der Waals surface area contributed by atoms with E-state index in [1.807, 2.05) is 34.1 Å². The predicted octanol–water partition coefficient (Wildman–Crippen LogP) is 6.55. The van der Waals surface area contributed by atoms with Crippen molar-refractivity contribution < 1.29 is 9.59 Å². The SMILES string of the molecule is CC1(C)C[C@H]2C[C@@](C)(CN2C(=O)Nc2ccc(NC(=O)N3C[C@]4(C)C[C@@H]3CC(C)(C)C4)cc2)C1. The van der Waals surface area contributed by atoms with Crippen molar-refractivity contribution in [3.63, 3.8) is 0 Å². The van der Waals surface area contributed by atoms with Crippen LogP contribution >= 0.6 is 0 Å². The van der Waals surface area contributed by atoms with Crippen LogP contribution < -0.4 is 10.6 Å². The van der Waals surface area contributed by atoms with Crippen LogP contribution in [-0.4, -0.2) is 47.0 Å². The van der Waals surface area contributed by atoms with Crippen molar-refractivity contribution in [1.82, 2.24) is 9.80 Å². The molecule has 2 aliphatic heterocycles. The number of anilines is 2. The van der Waals surface area contributed by atoms with Crippen LogP contribution in [-0.2, 0) is 0 Å². The van der Waals surface area contributed by atoms with Crippen molar-refractivity contribution in [3.05, 3.63) is 24.3 Å². The van der Waals surface area contributed by atoms with Gasteiger partial charge in [-0.1, -0.05) is 41.5 Å². The van der Waals surface area contributed by atoms with Gasteiger partial charge in [0.15, 0.2) is 0 Å². The Hall–Kier alpha value is -2.24. The average Bonchev–Trinajstić information content (AvgIpc) is 3.09. The largest absolute Gasteiger partial charge is 0.322 e. The lowest BCUT2D eigenvalue weighted by Crippen LogP contribution is -2.40. The number of rotatable bonds is 2. The van der Waals surface area contributed by atoms with E-state index in [0.29, 0.717) is 12.1 Å². The second kappa shape index (κ2) is 7.63. The van der Waals surface area contributed by atoms with E-state index in [1.165, 1.54) is 12.8 Å². The standard InChI is InChI=1S/C28H42N4O2/c1-25(2)11-21-13-27(5,15-25)17-31(21)23(33)29-19-7-9-20(10-8-19)30-24(34)32-18-28(6)14-22(32)12-26(3,4)16-28/h7-10,21-22H,11-18H2,1-6H3,(H,29,33)(H,30,34)/t21-,22-,27+,28+/m0/s1. The highest BCUT2D eigenvalue weighted by Crippen LogP contribution is 2.53. The summed E-state index contributed by atoms with van der Waals surface area (Å²) >= 11 is 0. The summed E-state index contributed by atoms with van der Waals surface area (Å²) in [6.45, 7) is 15.6. The van der Waals surface area contributed by atoms with Gasteiger partial charge in [0.1, 0.15) is 0 Å². The molecule has 4 amide bonds. The Morgan fingerprint density at radius 3 is 1.38 bits per heavy atom. The first-order valence-electron chi connectivity index (χ1n) is 13.0. The first-order valence-corrected chi connectivity index (χ1v) is 13.0. The zero-order chi connectivity index (χ0) is 24.5. The summed E-state index contributed by atoms with van der Waals surface area (Å²) in [6, 6.07) is 8.15. The Morgan fingerprint density at radius 1 is 0.676 bits per heavy atom. The number of amides is 4. The van der Waals surface area contributed by atoms with Gasteiger partial charge in [-0.05, 0) is 84.5 Å². The van der Waals surface area contributed by atoms with Crippen molar-refractivity contribution >= 4 is 23.4 Å². The number of likely N-dealkylation sites (tertiary alicyclic amines) is 2. The van der Waals surface area contributed by atoms with E-state index < -0.39 is 0 Å². The van der Waals surface area contributed by atoms with Crippen LogP contribution in [0, 0.1) is 21.7 Å². The van der Waals surface area contributed by atoms with Crippen LogP contribution in [0.25, 0.3) is 0 Å². The molecule has 1 aromatic carbocycles. The van der Waals surface area contributed by atoms with Gasteiger partial charge in [-0.3, -0.25) is 0 Å². The number of benzene rings is 1. The molecule has 6 nitrogen and oxygen atoms in total. The molecule has 2 saturated carbocycles. The quantitative estimate of drug-likeness (QED) is 0.519. The van der Waals surface area contributed by atoms with Crippen LogP contribution in [0.3, 0.4) is 0 Å². The molecule has 186 valence electrons. The smallest absolute Gasteiger partial charge is 0.321 e. The topological polar surface area (TPSA) is 64.7 Å². The van der Waals surface area contributed by atoms with Gasteiger partial charge in [0.25, 0.3) is 0 Å². The molecule has 1 aromatic rings. The molecule has 4 bridgehead atoms. The number of hydrogen-bond donors (Lipinski definition) is 2. The molecule has 0 spiro atoms. The Morgan fingerprint density at radius 2 is 1.03 bits per heavy atom. The van der Waals surface area contributed by atoms with Gasteiger partial charge in [-0.25, -0.2) is 9.59 Å². The number of urea groups is 2. The molecule has 0 radical (unpaired) electrons. The van der Waals surface area contributed by atoms with Gasteiger partial charge >= 0.3 is 12.1 Å². The molecule has 5 rings (SSSR count). The van der Waals surface area contributed by atoms with E-state index in [2.05, 4.69) is 52.2 Å². The summed E-state index contributed by atoms with van der Waals surface area (Å²) in [5, 5.41) is 6.17. The molecule has 6 heteroatoms. The highest BCUT2D eigenvalue weighted by Gasteiger charge is 2.52. The van der Waals surface area contributed by atoms with Crippen molar-refractivity contribution in [2.45, 2.75) is 92.2 Å². The molecule has 34 heavy (non-hydrogen) atoms. The number of nitrogens with one attached hydrogen (secondary N) is 2. The lowest BCUT2D eigenvalue weighted by Gasteiger charge is -2.39. The summed E-state index contributed by atoms with van der Waals surface area (Å²) in [6.07, 6.45) is 6.67. The van der Waals surface area contributed by atoms with Crippen LogP contribution in [0.1, 0.15) is 80.1 Å². The summed E-state index contributed by atoms with van der Waals surface area (Å²) in [4.78, 5) is 30.2. The lowest BCUT2D eigenvalue weighted by atomic mass is 9.65. The van der Waals surface area contributed by atoms with Gasteiger partial charge in [0.2, 0.25) is 0 Å². The third-order valence-electron chi connectivity index (χ3n) is 8.74. The number of carbonyl (C=O) groups excluding carboxylic acids is 2. The summed E-state index contributed by atoms with van der Waals surface area (Å²) in [5.41, 5.74) is 2.54. The molecule has 4 atom stereocenters. The zero-order valence-corrected chi connectivity index (χ0v) is 21.8. The minimum absolute atomic E-state index is 0.0107. The molecule has 0 aromatic heterocycles. The number of fused-ring (bicyclic) bond motifs is 4. The highest BCUT2D eigenvalue weighted by atomic mass is 16.2. The van der Waals surface area contributed by atoms with E-state index in [-0.39, 0.29) is 33.7 Å². The van der Waals surface area contributed by atoms with Gasteiger partial charge in [0, 0.05) is 36.5 Å². The van der Waals surface area contributed by atoms with Crippen molar-refractivity contribution in [2.75, 3.05) is 23.7 Å². The predicted molar refractivity (Wildman–Crippen MR) is 137 cm³/mol.